The highest BCUT2D eigenvalue weighted by Crippen LogP contribution is 2.33. The van der Waals surface area contributed by atoms with Gasteiger partial charge in [0.1, 0.15) is 0 Å². The topological polar surface area (TPSA) is 78.7 Å². The number of carboxylic acids is 1. The second-order valence-corrected chi connectivity index (χ2v) is 7.27. The van der Waals surface area contributed by atoms with Crippen LogP contribution < -0.4 is 4.90 Å². The highest BCUT2D eigenvalue weighted by Gasteiger charge is 2.32. The number of para-hydroxylation sites is 1. The molecular weight excluding hydrogens is 344 g/mol. The van der Waals surface area contributed by atoms with Gasteiger partial charge in [0.2, 0.25) is 5.91 Å². The Morgan fingerprint density at radius 1 is 1.22 bits per heavy atom. The van der Waals surface area contributed by atoms with E-state index in [1.807, 2.05) is 11.0 Å². The van der Waals surface area contributed by atoms with E-state index in [0.29, 0.717) is 32.0 Å². The molecule has 7 nitrogen and oxygen atoms in total. The van der Waals surface area contributed by atoms with Crippen molar-refractivity contribution in [1.29, 1.82) is 0 Å². The Hall–Kier alpha value is -2.83. The fourth-order valence-electron chi connectivity index (χ4n) is 4.13. The summed E-state index contributed by atoms with van der Waals surface area (Å²) >= 11 is 0. The number of fused-ring (bicyclic) bond motifs is 3. The minimum atomic E-state index is -1.03. The summed E-state index contributed by atoms with van der Waals surface area (Å²) in [5.74, 6) is -0.877. The number of rotatable bonds is 5. The predicted molar refractivity (Wildman–Crippen MR) is 101 cm³/mol. The summed E-state index contributed by atoms with van der Waals surface area (Å²) in [5, 5.41) is 12.9. The number of anilines is 1. The highest BCUT2D eigenvalue weighted by molar-refractivity contribution is 5.85. The standard InChI is InChI=1S/C20H24N4O3/c25-19(8-4-10-23-12-9-17(21-23)20(26)27)22-13-15-5-1-2-7-18(15)24-11-3-6-16(24)14-22/h1-2,5,7,9,12,16H,3-4,6,8,10-11,13-14H2,(H,26,27)/t16-/m1/s1. The largest absolute Gasteiger partial charge is 0.476 e. The predicted octanol–water partition coefficient (Wildman–Crippen LogP) is 2.37. The zero-order valence-corrected chi connectivity index (χ0v) is 15.3. The second kappa shape index (κ2) is 7.42. The van der Waals surface area contributed by atoms with Gasteiger partial charge >= 0.3 is 5.97 Å². The lowest BCUT2D eigenvalue weighted by atomic mass is 10.1. The van der Waals surface area contributed by atoms with Crippen LogP contribution in [-0.4, -0.2) is 50.8 Å². The molecule has 2 aliphatic heterocycles. The number of nitrogens with zero attached hydrogens (tertiary/aromatic N) is 4. The molecule has 1 aromatic heterocycles. The zero-order chi connectivity index (χ0) is 18.8. The van der Waals surface area contributed by atoms with Crippen molar-refractivity contribution < 1.29 is 14.7 Å². The third kappa shape index (κ3) is 3.67. The number of amides is 1. The van der Waals surface area contributed by atoms with Crippen LogP contribution in [0.25, 0.3) is 0 Å². The molecule has 0 aliphatic carbocycles. The first-order valence-corrected chi connectivity index (χ1v) is 9.51. The Labute approximate surface area is 158 Å². The second-order valence-electron chi connectivity index (χ2n) is 7.27. The fourth-order valence-corrected chi connectivity index (χ4v) is 4.13. The first kappa shape index (κ1) is 17.6. The third-order valence-corrected chi connectivity index (χ3v) is 5.46. The van der Waals surface area contributed by atoms with E-state index in [1.54, 1.807) is 10.9 Å². The van der Waals surface area contributed by atoms with Crippen molar-refractivity contribution in [2.75, 3.05) is 18.0 Å². The van der Waals surface area contributed by atoms with Crippen molar-refractivity contribution in [1.82, 2.24) is 14.7 Å². The molecule has 0 spiro atoms. The van der Waals surface area contributed by atoms with Gasteiger partial charge in [0.25, 0.3) is 0 Å². The molecule has 1 atom stereocenters. The van der Waals surface area contributed by atoms with Crippen LogP contribution in [0.5, 0.6) is 0 Å². The smallest absolute Gasteiger partial charge is 0.356 e. The molecule has 3 heterocycles. The molecule has 0 radical (unpaired) electrons. The summed E-state index contributed by atoms with van der Waals surface area (Å²) in [4.78, 5) is 28.2. The van der Waals surface area contributed by atoms with Crippen molar-refractivity contribution in [3.05, 3.63) is 47.8 Å². The van der Waals surface area contributed by atoms with Gasteiger partial charge in [-0.15, -0.1) is 0 Å². The molecule has 27 heavy (non-hydrogen) atoms. The van der Waals surface area contributed by atoms with Crippen molar-refractivity contribution in [3.63, 3.8) is 0 Å². The van der Waals surface area contributed by atoms with Gasteiger partial charge in [0.15, 0.2) is 5.69 Å². The van der Waals surface area contributed by atoms with E-state index in [9.17, 15) is 9.59 Å². The number of carboxylic acid groups (broad SMARTS) is 1. The summed E-state index contributed by atoms with van der Waals surface area (Å²) in [7, 11) is 0. The van der Waals surface area contributed by atoms with E-state index < -0.39 is 5.97 Å². The number of benzene rings is 1. The summed E-state index contributed by atoms with van der Waals surface area (Å²) in [5.41, 5.74) is 2.52. The molecule has 4 rings (SSSR count). The summed E-state index contributed by atoms with van der Waals surface area (Å²) < 4.78 is 1.59. The van der Waals surface area contributed by atoms with E-state index in [4.69, 9.17) is 5.11 Å². The highest BCUT2D eigenvalue weighted by atomic mass is 16.4. The molecule has 0 unspecified atom stereocenters. The number of aromatic carboxylic acids is 1. The minimum Gasteiger partial charge on any atom is -0.476 e. The van der Waals surface area contributed by atoms with Crippen LogP contribution in [0.4, 0.5) is 5.69 Å². The van der Waals surface area contributed by atoms with Crippen molar-refractivity contribution in [3.8, 4) is 0 Å². The number of carbonyl (C=O) groups excluding carboxylic acids is 1. The number of aromatic nitrogens is 2. The van der Waals surface area contributed by atoms with Crippen LogP contribution in [-0.2, 0) is 17.9 Å². The maximum atomic E-state index is 12.8. The van der Waals surface area contributed by atoms with Gasteiger partial charge in [0.05, 0.1) is 0 Å². The lowest BCUT2D eigenvalue weighted by Crippen LogP contribution is -2.40. The summed E-state index contributed by atoms with van der Waals surface area (Å²) in [6.07, 6.45) is 5.03. The average Bonchev–Trinajstić information content (AvgIpc) is 3.28. The lowest BCUT2D eigenvalue weighted by Gasteiger charge is -2.27. The Morgan fingerprint density at radius 3 is 2.89 bits per heavy atom. The maximum absolute atomic E-state index is 12.8. The van der Waals surface area contributed by atoms with Gasteiger partial charge in [-0.05, 0) is 37.0 Å². The Morgan fingerprint density at radius 2 is 2.07 bits per heavy atom. The van der Waals surface area contributed by atoms with Crippen LogP contribution in [0.3, 0.4) is 0 Å². The van der Waals surface area contributed by atoms with E-state index in [0.717, 1.165) is 19.5 Å². The molecule has 2 aromatic rings. The molecule has 1 aromatic carbocycles. The summed E-state index contributed by atoms with van der Waals surface area (Å²) in [6, 6.07) is 10.3. The van der Waals surface area contributed by atoms with Gasteiger partial charge in [-0.25, -0.2) is 4.79 Å². The molecule has 142 valence electrons. The Bertz CT molecular complexity index is 847. The van der Waals surface area contributed by atoms with E-state index in [-0.39, 0.29) is 11.6 Å². The molecule has 1 N–H and O–H groups in total. The normalized spacial score (nSPS) is 18.7. The van der Waals surface area contributed by atoms with Crippen LogP contribution in [0.15, 0.2) is 36.5 Å². The van der Waals surface area contributed by atoms with Crippen molar-refractivity contribution in [2.24, 2.45) is 0 Å². The van der Waals surface area contributed by atoms with Crippen molar-refractivity contribution in [2.45, 2.75) is 44.8 Å². The molecule has 0 bridgehead atoms. The number of aryl methyl sites for hydroxylation is 1. The van der Waals surface area contributed by atoms with Crippen LogP contribution in [0, 0.1) is 0 Å². The quantitative estimate of drug-likeness (QED) is 0.877. The van der Waals surface area contributed by atoms with E-state index in [1.165, 1.54) is 23.7 Å². The third-order valence-electron chi connectivity index (χ3n) is 5.46. The number of hydrogen-bond acceptors (Lipinski definition) is 4. The SMILES string of the molecule is O=C(O)c1ccn(CCCC(=O)N2Cc3ccccc3N3CCC[C@@H]3C2)n1. The van der Waals surface area contributed by atoms with E-state index in [2.05, 4.69) is 28.2 Å². The van der Waals surface area contributed by atoms with E-state index >= 15 is 0 Å². The molecule has 7 heteroatoms. The Balaban J connectivity index is 1.39. The van der Waals surface area contributed by atoms with Crippen LogP contribution in [0.2, 0.25) is 0 Å². The molecule has 2 aliphatic rings. The Kier molecular flexibility index (Phi) is 4.83. The fraction of sp³-hybridized carbons (Fsp3) is 0.450. The molecular formula is C20H24N4O3. The van der Waals surface area contributed by atoms with Crippen LogP contribution >= 0.6 is 0 Å². The molecule has 1 amide bonds. The lowest BCUT2D eigenvalue weighted by molar-refractivity contribution is -0.132. The van der Waals surface area contributed by atoms with Gasteiger partial charge in [-0.1, -0.05) is 18.2 Å². The van der Waals surface area contributed by atoms with Gasteiger partial charge in [-0.2, -0.15) is 5.10 Å². The van der Waals surface area contributed by atoms with Gasteiger partial charge in [0, 0.05) is 50.5 Å². The average molecular weight is 368 g/mol. The first-order chi connectivity index (χ1) is 13.1. The number of hydrogen-bond donors (Lipinski definition) is 1. The molecule has 0 saturated carbocycles. The first-order valence-electron chi connectivity index (χ1n) is 9.51. The molecule has 1 fully saturated rings. The van der Waals surface area contributed by atoms with Crippen molar-refractivity contribution >= 4 is 17.6 Å². The maximum Gasteiger partial charge on any atom is 0.356 e. The minimum absolute atomic E-state index is 0.0341. The molecule has 1 saturated heterocycles. The van der Waals surface area contributed by atoms with Gasteiger partial charge in [-0.3, -0.25) is 9.48 Å². The number of carbonyl (C=O) groups is 2. The van der Waals surface area contributed by atoms with Crippen LogP contribution in [0.1, 0.15) is 41.7 Å². The monoisotopic (exact) mass is 368 g/mol. The summed E-state index contributed by atoms with van der Waals surface area (Å²) in [6.45, 7) is 3.04. The zero-order valence-electron chi connectivity index (χ0n) is 15.3. The van der Waals surface area contributed by atoms with Gasteiger partial charge < -0.3 is 14.9 Å².